The highest BCUT2D eigenvalue weighted by Crippen LogP contribution is 2.45. The van der Waals surface area contributed by atoms with Gasteiger partial charge in [-0.1, -0.05) is 53.5 Å². The smallest absolute Gasteiger partial charge is 0.306 e. The Morgan fingerprint density at radius 2 is 1.63 bits per heavy atom. The molecule has 0 saturated carbocycles. The lowest BCUT2D eigenvalue weighted by Gasteiger charge is -2.29. The van der Waals surface area contributed by atoms with Gasteiger partial charge in [-0.15, -0.1) is 11.8 Å². The molecule has 3 aromatic carbocycles. The fourth-order valence-electron chi connectivity index (χ4n) is 3.90. The van der Waals surface area contributed by atoms with E-state index in [1.807, 2.05) is 36.4 Å². The van der Waals surface area contributed by atoms with Gasteiger partial charge >= 0.3 is 6.03 Å². The maximum atomic E-state index is 13.2. The summed E-state index contributed by atoms with van der Waals surface area (Å²) in [5.74, 6) is 0.954. The summed E-state index contributed by atoms with van der Waals surface area (Å²) >= 11 is 13.9. The number of hydrogen-bond acceptors (Lipinski definition) is 3. The van der Waals surface area contributed by atoms with Gasteiger partial charge in [-0.2, -0.15) is 5.10 Å². The number of amides is 2. The van der Waals surface area contributed by atoms with Crippen LogP contribution in [0.2, 0.25) is 10.0 Å². The van der Waals surface area contributed by atoms with E-state index in [4.69, 9.17) is 28.3 Å². The summed E-state index contributed by atoms with van der Waals surface area (Å²) in [5, 5.41) is 10.6. The van der Waals surface area contributed by atoms with Gasteiger partial charge in [0, 0.05) is 37.9 Å². The third-order valence-electron chi connectivity index (χ3n) is 5.31. The zero-order valence-electron chi connectivity index (χ0n) is 15.8. The van der Waals surface area contributed by atoms with Crippen molar-refractivity contribution in [2.75, 3.05) is 11.1 Å². The fraction of sp³-hybridized carbons (Fsp3) is 0.130. The lowest BCUT2D eigenvalue weighted by atomic mass is 9.88. The molecule has 0 aromatic heterocycles. The minimum Gasteiger partial charge on any atom is -0.306 e. The molecule has 0 bridgehead atoms. The molecule has 1 N–H and O–H groups in total. The third-order valence-corrected chi connectivity index (χ3v) is 7.00. The molecule has 5 rings (SSSR count). The number of hydrogen-bond donors (Lipinski definition) is 1. The van der Waals surface area contributed by atoms with Crippen molar-refractivity contribution < 1.29 is 4.79 Å². The molecular weight excluding hydrogens is 437 g/mol. The highest BCUT2D eigenvalue weighted by atomic mass is 35.5. The second-order valence-electron chi connectivity index (χ2n) is 7.18. The Labute approximate surface area is 188 Å². The normalized spacial score (nSPS) is 19.7. The Morgan fingerprint density at radius 1 is 0.967 bits per heavy atom. The van der Waals surface area contributed by atoms with Gasteiger partial charge in [-0.25, -0.2) is 9.80 Å². The van der Waals surface area contributed by atoms with Crippen LogP contribution in [0.25, 0.3) is 0 Å². The monoisotopic (exact) mass is 453 g/mol. The summed E-state index contributed by atoms with van der Waals surface area (Å²) in [5.41, 5.74) is 3.73. The number of urea groups is 1. The van der Waals surface area contributed by atoms with E-state index in [1.54, 1.807) is 41.0 Å². The summed E-state index contributed by atoms with van der Waals surface area (Å²) in [7, 11) is 0. The molecule has 0 saturated heterocycles. The molecule has 2 aliphatic heterocycles. The van der Waals surface area contributed by atoms with E-state index in [0.717, 1.165) is 22.6 Å². The van der Waals surface area contributed by atoms with Crippen LogP contribution in [0.5, 0.6) is 0 Å². The van der Waals surface area contributed by atoms with Crippen LogP contribution < -0.4 is 5.32 Å². The van der Waals surface area contributed by atoms with Crippen LogP contribution in [-0.2, 0) is 0 Å². The average Bonchev–Trinajstić information content (AvgIpc) is 3.16. The third kappa shape index (κ3) is 3.58. The number of carbonyl (C=O) groups is 1. The zero-order valence-corrected chi connectivity index (χ0v) is 18.1. The van der Waals surface area contributed by atoms with Crippen molar-refractivity contribution in [1.29, 1.82) is 0 Å². The van der Waals surface area contributed by atoms with E-state index in [9.17, 15) is 4.79 Å². The van der Waals surface area contributed by atoms with E-state index in [-0.39, 0.29) is 18.0 Å². The number of halogens is 2. The molecule has 7 heteroatoms. The molecule has 150 valence electrons. The zero-order chi connectivity index (χ0) is 20.7. The average molecular weight is 454 g/mol. The van der Waals surface area contributed by atoms with Gasteiger partial charge in [-0.05, 0) is 48.0 Å². The Hall–Kier alpha value is -2.47. The summed E-state index contributed by atoms with van der Waals surface area (Å²) in [6.45, 7) is 0. The molecular formula is C23H17Cl2N3OS. The van der Waals surface area contributed by atoms with Gasteiger partial charge in [0.15, 0.2) is 0 Å². The Balaban J connectivity index is 1.53. The van der Waals surface area contributed by atoms with E-state index < -0.39 is 0 Å². The van der Waals surface area contributed by atoms with Crippen molar-refractivity contribution in [2.45, 2.75) is 10.9 Å². The first-order valence-corrected chi connectivity index (χ1v) is 11.3. The van der Waals surface area contributed by atoms with Crippen molar-refractivity contribution in [2.24, 2.45) is 11.0 Å². The second kappa shape index (κ2) is 7.99. The molecule has 2 aliphatic rings. The first-order chi connectivity index (χ1) is 14.6. The van der Waals surface area contributed by atoms with E-state index in [1.165, 1.54) is 4.90 Å². The van der Waals surface area contributed by atoms with E-state index >= 15 is 0 Å². The first kappa shape index (κ1) is 19.5. The van der Waals surface area contributed by atoms with Crippen LogP contribution in [0.1, 0.15) is 17.2 Å². The quantitative estimate of drug-likeness (QED) is 0.468. The minimum atomic E-state index is -0.276. The highest BCUT2D eigenvalue weighted by Gasteiger charge is 2.44. The number of fused-ring (bicyclic) bond motifs is 3. The van der Waals surface area contributed by atoms with Gasteiger partial charge in [0.1, 0.15) is 0 Å². The van der Waals surface area contributed by atoms with Gasteiger partial charge in [0.25, 0.3) is 0 Å². The molecule has 0 unspecified atom stereocenters. The summed E-state index contributed by atoms with van der Waals surface area (Å²) in [6.07, 6.45) is 0. The number of thioether (sulfide) groups is 1. The van der Waals surface area contributed by atoms with Crippen molar-refractivity contribution in [3.8, 4) is 0 Å². The molecule has 4 nitrogen and oxygen atoms in total. The number of rotatable bonds is 2. The highest BCUT2D eigenvalue weighted by molar-refractivity contribution is 7.99. The van der Waals surface area contributed by atoms with E-state index in [2.05, 4.69) is 17.4 Å². The lowest BCUT2D eigenvalue weighted by molar-refractivity contribution is 0.192. The molecule has 0 radical (unpaired) electrons. The van der Waals surface area contributed by atoms with Crippen LogP contribution in [0.15, 0.2) is 82.8 Å². The van der Waals surface area contributed by atoms with Crippen LogP contribution in [0.3, 0.4) is 0 Å². The standard InChI is InChI=1S/C23H17Cl2N3OS/c24-15-7-5-14(6-8-15)22-19-13-30-20-4-2-1-3-18(20)21(19)27-28(22)23(29)26-17-11-9-16(25)10-12-17/h1-12,19,22H,13H2,(H,26,29)/t19-,22-/m0/s1. The lowest BCUT2D eigenvalue weighted by Crippen LogP contribution is -2.35. The molecule has 0 fully saturated rings. The summed E-state index contributed by atoms with van der Waals surface area (Å²) < 4.78 is 0. The van der Waals surface area contributed by atoms with Gasteiger partial charge in [0.2, 0.25) is 0 Å². The molecule has 0 aliphatic carbocycles. The van der Waals surface area contributed by atoms with Crippen molar-refractivity contribution in [1.82, 2.24) is 5.01 Å². The topological polar surface area (TPSA) is 44.7 Å². The largest absolute Gasteiger partial charge is 0.342 e. The Kier molecular flexibility index (Phi) is 5.19. The number of hydrazone groups is 1. The van der Waals surface area contributed by atoms with Crippen LogP contribution in [0, 0.1) is 5.92 Å². The van der Waals surface area contributed by atoms with Crippen LogP contribution in [0.4, 0.5) is 10.5 Å². The van der Waals surface area contributed by atoms with Gasteiger partial charge in [0.05, 0.1) is 11.8 Å². The molecule has 2 amide bonds. The molecule has 3 aromatic rings. The SMILES string of the molecule is O=C(Nc1ccc(Cl)cc1)N1N=C2c3ccccc3SC[C@@H]2[C@@H]1c1ccc(Cl)cc1. The Morgan fingerprint density at radius 3 is 2.37 bits per heavy atom. The fourth-order valence-corrected chi connectivity index (χ4v) is 5.35. The van der Waals surface area contributed by atoms with Crippen LogP contribution in [-0.4, -0.2) is 22.5 Å². The number of anilines is 1. The number of carbonyl (C=O) groups excluding carboxylic acids is 1. The van der Waals surface area contributed by atoms with Crippen molar-refractivity contribution in [3.05, 3.63) is 94.0 Å². The molecule has 0 spiro atoms. The minimum absolute atomic E-state index is 0.0991. The summed E-state index contributed by atoms with van der Waals surface area (Å²) in [4.78, 5) is 14.4. The predicted molar refractivity (Wildman–Crippen MR) is 124 cm³/mol. The predicted octanol–water partition coefficient (Wildman–Crippen LogP) is 6.71. The van der Waals surface area contributed by atoms with Gasteiger partial charge < -0.3 is 5.32 Å². The van der Waals surface area contributed by atoms with Crippen molar-refractivity contribution >= 4 is 52.4 Å². The maximum absolute atomic E-state index is 13.2. The number of benzene rings is 3. The molecule has 30 heavy (non-hydrogen) atoms. The van der Waals surface area contributed by atoms with Crippen LogP contribution >= 0.6 is 35.0 Å². The molecule has 2 atom stereocenters. The van der Waals surface area contributed by atoms with E-state index in [0.29, 0.717) is 15.7 Å². The second-order valence-corrected chi connectivity index (χ2v) is 9.11. The van der Waals surface area contributed by atoms with Gasteiger partial charge in [-0.3, -0.25) is 0 Å². The first-order valence-electron chi connectivity index (χ1n) is 9.52. The Bertz CT molecular complexity index is 1130. The van der Waals surface area contributed by atoms with Crippen molar-refractivity contribution in [3.63, 3.8) is 0 Å². The number of nitrogens with zero attached hydrogens (tertiary/aromatic N) is 2. The summed E-state index contributed by atoms with van der Waals surface area (Å²) in [6, 6.07) is 22.4. The number of nitrogens with one attached hydrogen (secondary N) is 1. The molecule has 2 heterocycles. The maximum Gasteiger partial charge on any atom is 0.342 e.